The largest absolute Gasteiger partial charge is 0.480 e. The van der Waals surface area contributed by atoms with E-state index in [-0.39, 0.29) is 6.54 Å². The Labute approximate surface area is 134 Å². The molecule has 0 spiro atoms. The zero-order valence-electron chi connectivity index (χ0n) is 13.0. The molecule has 1 unspecified atom stereocenters. The van der Waals surface area contributed by atoms with Crippen LogP contribution in [0.1, 0.15) is 56.7 Å². The number of nitrogens with zero attached hydrogens (tertiary/aromatic N) is 4. The molecule has 6 nitrogen and oxygen atoms in total. The first-order valence-corrected chi connectivity index (χ1v) is 8.61. The first kappa shape index (κ1) is 16.6. The summed E-state index contributed by atoms with van der Waals surface area (Å²) in [6.45, 7) is 4.18. The number of hydrogen-bond acceptors (Lipinski definition) is 5. The molecule has 0 saturated heterocycles. The Kier molecular flexibility index (Phi) is 6.06. The second kappa shape index (κ2) is 8.03. The summed E-state index contributed by atoms with van der Waals surface area (Å²) in [4.78, 5) is 12.2. The van der Waals surface area contributed by atoms with Gasteiger partial charge < -0.3 is 5.11 Å². The standard InChI is InChI=1S/C15H22N4O2S/c1-3-5-7-11(6-4-2)14-12(8-9-22-14)15-16-17-18-19(15)10-13(20)21/h8-9,11H,3-7,10H2,1-2H3,(H,20,21). The van der Waals surface area contributed by atoms with Crippen LogP contribution in [0.3, 0.4) is 0 Å². The molecule has 0 aliphatic heterocycles. The summed E-state index contributed by atoms with van der Waals surface area (Å²) in [5.74, 6) is 0.104. The lowest BCUT2D eigenvalue weighted by molar-refractivity contribution is -0.137. The van der Waals surface area contributed by atoms with E-state index in [1.165, 1.54) is 22.4 Å². The predicted molar refractivity (Wildman–Crippen MR) is 85.9 cm³/mol. The van der Waals surface area contributed by atoms with Gasteiger partial charge in [0.2, 0.25) is 0 Å². The van der Waals surface area contributed by atoms with Crippen molar-refractivity contribution >= 4 is 17.3 Å². The first-order chi connectivity index (χ1) is 10.7. The minimum atomic E-state index is -0.943. The molecule has 0 saturated carbocycles. The molecular weight excluding hydrogens is 300 g/mol. The smallest absolute Gasteiger partial charge is 0.325 e. The molecule has 7 heteroatoms. The fourth-order valence-corrected chi connectivity index (χ4v) is 3.72. The van der Waals surface area contributed by atoms with Crippen LogP contribution in [-0.2, 0) is 11.3 Å². The molecule has 1 atom stereocenters. The zero-order chi connectivity index (χ0) is 15.9. The highest BCUT2D eigenvalue weighted by Gasteiger charge is 2.21. The molecule has 2 aromatic rings. The zero-order valence-corrected chi connectivity index (χ0v) is 13.8. The Morgan fingerprint density at radius 2 is 2.18 bits per heavy atom. The van der Waals surface area contributed by atoms with Crippen LogP contribution in [0.15, 0.2) is 11.4 Å². The van der Waals surface area contributed by atoms with Crippen molar-refractivity contribution in [2.75, 3.05) is 0 Å². The topological polar surface area (TPSA) is 80.9 Å². The second-order valence-electron chi connectivity index (χ2n) is 5.38. The van der Waals surface area contributed by atoms with Gasteiger partial charge in [0.1, 0.15) is 6.54 Å². The lowest BCUT2D eigenvalue weighted by Gasteiger charge is -2.16. The van der Waals surface area contributed by atoms with Gasteiger partial charge in [-0.25, -0.2) is 4.68 Å². The van der Waals surface area contributed by atoms with Crippen molar-refractivity contribution in [1.29, 1.82) is 0 Å². The summed E-state index contributed by atoms with van der Waals surface area (Å²) in [5.41, 5.74) is 0.978. The van der Waals surface area contributed by atoms with E-state index < -0.39 is 5.97 Å². The van der Waals surface area contributed by atoms with Crippen LogP contribution in [0.25, 0.3) is 11.4 Å². The molecule has 0 radical (unpaired) electrons. The summed E-state index contributed by atoms with van der Waals surface area (Å²) in [7, 11) is 0. The number of thiophene rings is 1. The van der Waals surface area contributed by atoms with E-state index >= 15 is 0 Å². The van der Waals surface area contributed by atoms with Crippen LogP contribution in [0.5, 0.6) is 0 Å². The lowest BCUT2D eigenvalue weighted by Crippen LogP contribution is -2.12. The summed E-state index contributed by atoms with van der Waals surface area (Å²) >= 11 is 1.72. The van der Waals surface area contributed by atoms with Crippen LogP contribution < -0.4 is 0 Å². The van der Waals surface area contributed by atoms with Crippen molar-refractivity contribution in [2.24, 2.45) is 0 Å². The number of rotatable bonds is 9. The van der Waals surface area contributed by atoms with E-state index in [0.29, 0.717) is 11.7 Å². The van der Waals surface area contributed by atoms with Gasteiger partial charge in [0.05, 0.1) is 0 Å². The Balaban J connectivity index is 2.31. The molecule has 22 heavy (non-hydrogen) atoms. The van der Waals surface area contributed by atoms with Crippen molar-refractivity contribution in [3.05, 3.63) is 16.3 Å². The maximum absolute atomic E-state index is 10.9. The SMILES string of the molecule is CCCCC(CCC)c1sccc1-c1nnnn1CC(=O)O. The van der Waals surface area contributed by atoms with Gasteiger partial charge in [-0.1, -0.05) is 33.1 Å². The van der Waals surface area contributed by atoms with Crippen molar-refractivity contribution in [1.82, 2.24) is 20.2 Å². The second-order valence-corrected chi connectivity index (χ2v) is 6.33. The molecule has 120 valence electrons. The van der Waals surface area contributed by atoms with Crippen LogP contribution >= 0.6 is 11.3 Å². The average Bonchev–Trinajstić information content (AvgIpc) is 3.11. The number of aromatic nitrogens is 4. The van der Waals surface area contributed by atoms with E-state index in [2.05, 4.69) is 29.4 Å². The summed E-state index contributed by atoms with van der Waals surface area (Å²) < 4.78 is 1.36. The van der Waals surface area contributed by atoms with Crippen LogP contribution in [0, 0.1) is 0 Å². The van der Waals surface area contributed by atoms with E-state index in [9.17, 15) is 4.79 Å². The van der Waals surface area contributed by atoms with E-state index in [1.807, 2.05) is 11.4 Å². The molecule has 0 aliphatic carbocycles. The molecular formula is C15H22N4O2S. The van der Waals surface area contributed by atoms with Crippen molar-refractivity contribution in [2.45, 2.75) is 58.4 Å². The fraction of sp³-hybridized carbons (Fsp3) is 0.600. The van der Waals surface area contributed by atoms with Gasteiger partial charge in [-0.15, -0.1) is 16.4 Å². The Hall–Kier alpha value is -1.76. The Morgan fingerprint density at radius 3 is 2.86 bits per heavy atom. The highest BCUT2D eigenvalue weighted by molar-refractivity contribution is 7.10. The number of aliphatic carboxylic acids is 1. The predicted octanol–water partition coefficient (Wildman–Crippen LogP) is 3.56. The quantitative estimate of drug-likeness (QED) is 0.763. The number of unbranched alkanes of at least 4 members (excludes halogenated alkanes) is 1. The molecule has 0 aromatic carbocycles. The Morgan fingerprint density at radius 1 is 1.36 bits per heavy atom. The van der Waals surface area contributed by atoms with E-state index in [4.69, 9.17) is 5.11 Å². The van der Waals surface area contributed by atoms with E-state index in [1.54, 1.807) is 11.3 Å². The van der Waals surface area contributed by atoms with Gasteiger partial charge in [0, 0.05) is 10.4 Å². The van der Waals surface area contributed by atoms with E-state index in [0.717, 1.165) is 24.8 Å². The number of carbonyl (C=O) groups is 1. The third-order valence-corrected chi connectivity index (χ3v) is 4.75. The van der Waals surface area contributed by atoms with Gasteiger partial charge in [0.25, 0.3) is 0 Å². The monoisotopic (exact) mass is 322 g/mol. The van der Waals surface area contributed by atoms with Gasteiger partial charge in [-0.05, 0) is 40.6 Å². The highest BCUT2D eigenvalue weighted by atomic mass is 32.1. The van der Waals surface area contributed by atoms with Gasteiger partial charge >= 0.3 is 5.97 Å². The third kappa shape index (κ3) is 3.91. The summed E-state index contributed by atoms with van der Waals surface area (Å²) in [6.07, 6.45) is 5.79. The molecule has 2 heterocycles. The van der Waals surface area contributed by atoms with Crippen LogP contribution in [-0.4, -0.2) is 31.3 Å². The number of tetrazole rings is 1. The average molecular weight is 322 g/mol. The van der Waals surface area contributed by atoms with Crippen molar-refractivity contribution in [3.8, 4) is 11.4 Å². The number of carboxylic acid groups (broad SMARTS) is 1. The first-order valence-electron chi connectivity index (χ1n) is 7.73. The maximum atomic E-state index is 10.9. The summed E-state index contributed by atoms with van der Waals surface area (Å²) in [6, 6.07) is 2.00. The lowest BCUT2D eigenvalue weighted by atomic mass is 9.93. The molecule has 0 aliphatic rings. The molecule has 2 aromatic heterocycles. The minimum absolute atomic E-state index is 0.217. The van der Waals surface area contributed by atoms with Crippen molar-refractivity contribution in [3.63, 3.8) is 0 Å². The fourth-order valence-electron chi connectivity index (χ4n) is 2.66. The number of hydrogen-bond donors (Lipinski definition) is 1. The molecule has 0 bridgehead atoms. The number of carboxylic acids is 1. The maximum Gasteiger partial charge on any atom is 0.325 e. The van der Waals surface area contributed by atoms with Crippen LogP contribution in [0.4, 0.5) is 0 Å². The molecule has 0 fully saturated rings. The van der Waals surface area contributed by atoms with Gasteiger partial charge in [-0.3, -0.25) is 4.79 Å². The van der Waals surface area contributed by atoms with Gasteiger partial charge in [-0.2, -0.15) is 0 Å². The van der Waals surface area contributed by atoms with Crippen molar-refractivity contribution < 1.29 is 9.90 Å². The van der Waals surface area contributed by atoms with Gasteiger partial charge in [0.15, 0.2) is 5.82 Å². The minimum Gasteiger partial charge on any atom is -0.480 e. The molecule has 0 amide bonds. The normalized spacial score (nSPS) is 12.5. The highest BCUT2D eigenvalue weighted by Crippen LogP contribution is 2.37. The third-order valence-electron chi connectivity index (χ3n) is 3.67. The molecule has 2 rings (SSSR count). The van der Waals surface area contributed by atoms with Crippen LogP contribution in [0.2, 0.25) is 0 Å². The molecule has 1 N–H and O–H groups in total. The summed E-state index contributed by atoms with van der Waals surface area (Å²) in [5, 5.41) is 22.5. The Bertz CT molecular complexity index is 608.